The first-order valence-corrected chi connectivity index (χ1v) is 5.66. The fourth-order valence-corrected chi connectivity index (χ4v) is 1.93. The minimum absolute atomic E-state index is 0.0404. The Bertz CT molecular complexity index is 580. The number of aromatic nitrogens is 1. The van der Waals surface area contributed by atoms with Crippen LogP contribution in [0.4, 0.5) is 5.69 Å². The third-order valence-corrected chi connectivity index (χ3v) is 2.82. The van der Waals surface area contributed by atoms with E-state index in [1.807, 2.05) is 0 Å². The molecule has 0 spiro atoms. The highest BCUT2D eigenvalue weighted by molar-refractivity contribution is 6.30. The van der Waals surface area contributed by atoms with Gasteiger partial charge in [0, 0.05) is 23.5 Å². The van der Waals surface area contributed by atoms with Crippen molar-refractivity contribution in [3.05, 3.63) is 62.9 Å². The lowest BCUT2D eigenvalue weighted by atomic mass is 10.2. The average molecular weight is 267 g/mol. The second kappa shape index (κ2) is 5.20. The molecule has 1 N–H and O–H groups in total. The van der Waals surface area contributed by atoms with Gasteiger partial charge in [0.2, 0.25) is 0 Å². The number of nitro groups is 1. The van der Waals surface area contributed by atoms with Gasteiger partial charge in [0.25, 0.3) is 5.69 Å². The lowest BCUT2D eigenvalue weighted by Gasteiger charge is -2.05. The Kier molecular flexibility index (Phi) is 3.64. The highest BCUT2D eigenvalue weighted by Crippen LogP contribution is 2.23. The van der Waals surface area contributed by atoms with E-state index in [1.165, 1.54) is 12.1 Å². The first kappa shape index (κ1) is 12.6. The Morgan fingerprint density at radius 2 is 2.17 bits per heavy atom. The van der Waals surface area contributed by atoms with Crippen molar-refractivity contribution >= 4 is 17.3 Å². The molecular weight excluding hydrogens is 256 g/mol. The number of nitrogens with zero attached hydrogens (tertiary/aromatic N) is 2. The van der Waals surface area contributed by atoms with Gasteiger partial charge in [0.05, 0.1) is 23.6 Å². The Morgan fingerprint density at radius 3 is 2.78 bits per heavy atom. The van der Waals surface area contributed by atoms with E-state index in [0.29, 0.717) is 17.1 Å². The summed E-state index contributed by atoms with van der Waals surface area (Å²) in [5.74, 6) is 0. The predicted molar refractivity (Wildman–Crippen MR) is 67.6 cm³/mol. The minimum Gasteiger partial charge on any atom is -0.392 e. The lowest BCUT2D eigenvalue weighted by Crippen LogP contribution is -2.01. The SMILES string of the molecule is O=[N+]([O-])c1ccc(Cl)cc1Cn1ccc(CO)c1. The van der Waals surface area contributed by atoms with Gasteiger partial charge < -0.3 is 9.67 Å². The molecule has 6 heteroatoms. The molecule has 0 saturated heterocycles. The van der Waals surface area contributed by atoms with Crippen molar-refractivity contribution in [3.63, 3.8) is 0 Å². The first-order valence-electron chi connectivity index (χ1n) is 5.28. The van der Waals surface area contributed by atoms with E-state index in [4.69, 9.17) is 16.7 Å². The van der Waals surface area contributed by atoms with Crippen molar-refractivity contribution in [1.82, 2.24) is 4.57 Å². The van der Waals surface area contributed by atoms with Crippen LogP contribution in [0.25, 0.3) is 0 Å². The third-order valence-electron chi connectivity index (χ3n) is 2.59. The summed E-state index contributed by atoms with van der Waals surface area (Å²) >= 11 is 5.85. The molecular formula is C12H11ClN2O3. The Morgan fingerprint density at radius 1 is 1.39 bits per heavy atom. The van der Waals surface area contributed by atoms with E-state index >= 15 is 0 Å². The molecule has 0 fully saturated rings. The summed E-state index contributed by atoms with van der Waals surface area (Å²) in [6.07, 6.45) is 3.50. The molecule has 0 unspecified atom stereocenters. The topological polar surface area (TPSA) is 68.3 Å². The summed E-state index contributed by atoms with van der Waals surface area (Å²) in [4.78, 5) is 10.5. The summed E-state index contributed by atoms with van der Waals surface area (Å²) in [6.45, 7) is 0.293. The van der Waals surface area contributed by atoms with Gasteiger partial charge >= 0.3 is 0 Å². The van der Waals surface area contributed by atoms with Crippen LogP contribution in [0.2, 0.25) is 5.02 Å². The molecule has 0 amide bonds. The maximum absolute atomic E-state index is 10.9. The normalized spacial score (nSPS) is 10.6. The number of aliphatic hydroxyl groups is 1. The van der Waals surface area contributed by atoms with E-state index in [2.05, 4.69) is 0 Å². The van der Waals surface area contributed by atoms with Crippen LogP contribution < -0.4 is 0 Å². The van der Waals surface area contributed by atoms with E-state index in [9.17, 15) is 10.1 Å². The van der Waals surface area contributed by atoms with E-state index < -0.39 is 4.92 Å². The average Bonchev–Trinajstić information content (AvgIpc) is 2.76. The van der Waals surface area contributed by atoms with Gasteiger partial charge in [-0.1, -0.05) is 11.6 Å². The molecule has 0 bridgehead atoms. The molecule has 0 aliphatic carbocycles. The summed E-state index contributed by atoms with van der Waals surface area (Å²) in [5, 5.41) is 20.3. The van der Waals surface area contributed by atoms with Crippen LogP contribution in [0.15, 0.2) is 36.7 Å². The van der Waals surface area contributed by atoms with Crippen LogP contribution in [0.3, 0.4) is 0 Å². The van der Waals surface area contributed by atoms with Gasteiger partial charge in [-0.25, -0.2) is 0 Å². The van der Waals surface area contributed by atoms with Crippen molar-refractivity contribution in [2.45, 2.75) is 13.2 Å². The Labute approximate surface area is 108 Å². The fraction of sp³-hybridized carbons (Fsp3) is 0.167. The summed E-state index contributed by atoms with van der Waals surface area (Å²) in [7, 11) is 0. The zero-order valence-electron chi connectivity index (χ0n) is 9.41. The summed E-state index contributed by atoms with van der Waals surface area (Å²) in [5.41, 5.74) is 1.34. The molecule has 0 aliphatic heterocycles. The molecule has 2 aromatic rings. The molecule has 0 saturated carbocycles. The summed E-state index contributed by atoms with van der Waals surface area (Å²) < 4.78 is 1.77. The largest absolute Gasteiger partial charge is 0.392 e. The Balaban J connectivity index is 2.32. The maximum atomic E-state index is 10.9. The highest BCUT2D eigenvalue weighted by atomic mass is 35.5. The number of hydrogen-bond acceptors (Lipinski definition) is 3. The van der Waals surface area contributed by atoms with E-state index in [1.54, 1.807) is 29.1 Å². The predicted octanol–water partition coefficient (Wildman–Crippen LogP) is 2.59. The monoisotopic (exact) mass is 266 g/mol. The molecule has 0 aliphatic rings. The van der Waals surface area contributed by atoms with Gasteiger partial charge in [0.15, 0.2) is 0 Å². The third kappa shape index (κ3) is 2.69. The smallest absolute Gasteiger partial charge is 0.274 e. The molecule has 0 radical (unpaired) electrons. The molecule has 18 heavy (non-hydrogen) atoms. The van der Waals surface area contributed by atoms with Crippen LogP contribution >= 0.6 is 11.6 Å². The molecule has 1 aromatic carbocycles. The molecule has 2 rings (SSSR count). The first-order chi connectivity index (χ1) is 8.60. The maximum Gasteiger partial charge on any atom is 0.274 e. The fourth-order valence-electron chi connectivity index (χ4n) is 1.74. The molecule has 1 aromatic heterocycles. The van der Waals surface area contributed by atoms with Gasteiger partial charge in [0.1, 0.15) is 0 Å². The minimum atomic E-state index is -0.428. The number of halogens is 1. The number of aliphatic hydroxyl groups excluding tert-OH is 1. The van der Waals surface area contributed by atoms with Crippen LogP contribution in [-0.2, 0) is 13.2 Å². The van der Waals surface area contributed by atoms with Crippen molar-refractivity contribution < 1.29 is 10.0 Å². The zero-order valence-corrected chi connectivity index (χ0v) is 10.2. The van der Waals surface area contributed by atoms with Crippen molar-refractivity contribution in [2.24, 2.45) is 0 Å². The number of rotatable bonds is 4. The number of benzene rings is 1. The Hall–Kier alpha value is -1.85. The van der Waals surface area contributed by atoms with Crippen molar-refractivity contribution in [2.75, 3.05) is 0 Å². The van der Waals surface area contributed by atoms with Gasteiger partial charge in [-0.15, -0.1) is 0 Å². The van der Waals surface area contributed by atoms with Gasteiger partial charge in [-0.2, -0.15) is 0 Å². The summed E-state index contributed by atoms with van der Waals surface area (Å²) in [6, 6.07) is 6.24. The number of nitro benzene ring substituents is 1. The second-order valence-electron chi connectivity index (χ2n) is 3.88. The van der Waals surface area contributed by atoms with Crippen molar-refractivity contribution in [1.29, 1.82) is 0 Å². The molecule has 5 nitrogen and oxygen atoms in total. The zero-order chi connectivity index (χ0) is 13.1. The van der Waals surface area contributed by atoms with Gasteiger partial charge in [-0.05, 0) is 23.8 Å². The molecule has 1 heterocycles. The van der Waals surface area contributed by atoms with E-state index in [0.717, 1.165) is 5.56 Å². The number of hydrogen-bond donors (Lipinski definition) is 1. The van der Waals surface area contributed by atoms with Crippen LogP contribution in [0.1, 0.15) is 11.1 Å². The van der Waals surface area contributed by atoms with Gasteiger partial charge in [-0.3, -0.25) is 10.1 Å². The van der Waals surface area contributed by atoms with E-state index in [-0.39, 0.29) is 12.3 Å². The highest BCUT2D eigenvalue weighted by Gasteiger charge is 2.14. The lowest BCUT2D eigenvalue weighted by molar-refractivity contribution is -0.385. The second-order valence-corrected chi connectivity index (χ2v) is 4.32. The van der Waals surface area contributed by atoms with Crippen molar-refractivity contribution in [3.8, 4) is 0 Å². The quantitative estimate of drug-likeness (QED) is 0.683. The standard InChI is InChI=1S/C12H11ClN2O3/c13-11-1-2-12(15(17)18)10(5-11)7-14-4-3-9(6-14)8-16/h1-6,16H,7-8H2. The van der Waals surface area contributed by atoms with Crippen LogP contribution in [0.5, 0.6) is 0 Å². The molecule has 0 atom stereocenters. The van der Waals surface area contributed by atoms with Crippen LogP contribution in [-0.4, -0.2) is 14.6 Å². The van der Waals surface area contributed by atoms with Crippen LogP contribution in [0, 0.1) is 10.1 Å². The molecule has 94 valence electrons.